The maximum atomic E-state index is 13.4. The lowest BCUT2D eigenvalue weighted by molar-refractivity contribution is 0.143. The molecule has 0 aliphatic carbocycles. The Labute approximate surface area is 222 Å². The Morgan fingerprint density at radius 1 is 0.892 bits per heavy atom. The van der Waals surface area contributed by atoms with Crippen molar-refractivity contribution >= 4 is 0 Å². The average Bonchev–Trinajstić information content (AvgIpc) is 2.89. The van der Waals surface area contributed by atoms with Crippen LogP contribution in [0.3, 0.4) is 0 Å². The fourth-order valence-corrected chi connectivity index (χ4v) is 5.28. The van der Waals surface area contributed by atoms with Gasteiger partial charge in [0.15, 0.2) is 0 Å². The number of hydrogen-bond donors (Lipinski definition) is 0. The molecule has 0 atom stereocenters. The number of piperidine rings is 1. The summed E-state index contributed by atoms with van der Waals surface area (Å²) >= 11 is 0. The van der Waals surface area contributed by atoms with Gasteiger partial charge < -0.3 is 19.3 Å². The van der Waals surface area contributed by atoms with Crippen molar-refractivity contribution in [1.29, 1.82) is 0 Å². The SMILES string of the molecule is COc1cc(-c2cccc(-c3cccc(OCCCN4CCC(F)CC4)c3C)c2C)ccc1CN(C)C. The van der Waals surface area contributed by atoms with Gasteiger partial charge in [-0.2, -0.15) is 0 Å². The molecular formula is C32H41FN2O2. The molecule has 0 bridgehead atoms. The highest BCUT2D eigenvalue weighted by molar-refractivity contribution is 5.81. The zero-order valence-electron chi connectivity index (χ0n) is 23.0. The quantitative estimate of drug-likeness (QED) is 0.280. The summed E-state index contributed by atoms with van der Waals surface area (Å²) in [6.07, 6.45) is 1.64. The van der Waals surface area contributed by atoms with Crippen molar-refractivity contribution in [2.24, 2.45) is 0 Å². The predicted molar refractivity (Wildman–Crippen MR) is 151 cm³/mol. The molecule has 0 aromatic heterocycles. The molecule has 1 saturated heterocycles. The summed E-state index contributed by atoms with van der Waals surface area (Å²) in [5, 5.41) is 0. The molecule has 0 radical (unpaired) electrons. The number of alkyl halides is 1. The van der Waals surface area contributed by atoms with Crippen molar-refractivity contribution < 1.29 is 13.9 Å². The topological polar surface area (TPSA) is 24.9 Å². The Balaban J connectivity index is 1.50. The van der Waals surface area contributed by atoms with E-state index >= 15 is 0 Å². The lowest BCUT2D eigenvalue weighted by Crippen LogP contribution is -2.35. The molecule has 1 aliphatic rings. The minimum Gasteiger partial charge on any atom is -0.496 e. The molecule has 0 saturated carbocycles. The molecule has 3 aromatic carbocycles. The standard InChI is InChI=1S/C32H41FN2O2/c1-23-28(25-13-14-26(22-34(3)4)32(21-25)36-5)9-6-10-29(23)30-11-7-12-31(24(30)2)37-20-8-17-35-18-15-27(33)16-19-35/h6-7,9-14,21,27H,8,15-20,22H2,1-5H3. The van der Waals surface area contributed by atoms with Crippen molar-refractivity contribution in [2.75, 3.05) is 47.4 Å². The zero-order chi connectivity index (χ0) is 26.4. The first kappa shape index (κ1) is 27.2. The third-order valence-electron chi connectivity index (χ3n) is 7.39. The predicted octanol–water partition coefficient (Wildman–Crippen LogP) is 6.91. The van der Waals surface area contributed by atoms with E-state index in [-0.39, 0.29) is 0 Å². The van der Waals surface area contributed by atoms with E-state index in [1.54, 1.807) is 7.11 Å². The molecule has 4 rings (SSSR count). The number of likely N-dealkylation sites (tertiary alicyclic amines) is 1. The van der Waals surface area contributed by atoms with Crippen LogP contribution in [0, 0.1) is 13.8 Å². The van der Waals surface area contributed by atoms with E-state index in [1.807, 2.05) is 0 Å². The first-order valence-corrected chi connectivity index (χ1v) is 13.4. The number of hydrogen-bond acceptors (Lipinski definition) is 4. The van der Waals surface area contributed by atoms with Gasteiger partial charge in [0.2, 0.25) is 0 Å². The Morgan fingerprint density at radius 3 is 2.27 bits per heavy atom. The first-order chi connectivity index (χ1) is 17.9. The third kappa shape index (κ3) is 6.71. The van der Waals surface area contributed by atoms with Crippen LogP contribution in [0.1, 0.15) is 36.0 Å². The zero-order valence-corrected chi connectivity index (χ0v) is 23.0. The Morgan fingerprint density at radius 2 is 1.57 bits per heavy atom. The molecule has 3 aromatic rings. The smallest absolute Gasteiger partial charge is 0.123 e. The van der Waals surface area contributed by atoms with Gasteiger partial charge in [-0.15, -0.1) is 0 Å². The molecule has 198 valence electrons. The monoisotopic (exact) mass is 504 g/mol. The van der Waals surface area contributed by atoms with Gasteiger partial charge in [0.1, 0.15) is 17.7 Å². The van der Waals surface area contributed by atoms with E-state index in [1.165, 1.54) is 27.8 Å². The summed E-state index contributed by atoms with van der Waals surface area (Å²) in [7, 11) is 5.87. The second-order valence-corrected chi connectivity index (χ2v) is 10.4. The van der Waals surface area contributed by atoms with Crippen molar-refractivity contribution in [2.45, 2.75) is 45.8 Å². The summed E-state index contributed by atoms with van der Waals surface area (Å²) in [6, 6.07) is 19.3. The van der Waals surface area contributed by atoms with E-state index in [9.17, 15) is 4.39 Å². The van der Waals surface area contributed by atoms with Crippen molar-refractivity contribution in [3.63, 3.8) is 0 Å². The fraction of sp³-hybridized carbons (Fsp3) is 0.438. The largest absolute Gasteiger partial charge is 0.496 e. The highest BCUT2D eigenvalue weighted by Crippen LogP contribution is 2.37. The van der Waals surface area contributed by atoms with Gasteiger partial charge >= 0.3 is 0 Å². The molecule has 1 aliphatic heterocycles. The van der Waals surface area contributed by atoms with Crippen LogP contribution in [0.15, 0.2) is 54.6 Å². The van der Waals surface area contributed by atoms with Crippen LogP contribution in [0.4, 0.5) is 4.39 Å². The lowest BCUT2D eigenvalue weighted by Gasteiger charge is -2.28. The van der Waals surface area contributed by atoms with Crippen LogP contribution in [0.2, 0.25) is 0 Å². The molecular weight excluding hydrogens is 463 g/mol. The van der Waals surface area contributed by atoms with E-state index in [2.05, 4.69) is 92.3 Å². The highest BCUT2D eigenvalue weighted by Gasteiger charge is 2.18. The summed E-state index contributed by atoms with van der Waals surface area (Å²) in [5.41, 5.74) is 8.33. The van der Waals surface area contributed by atoms with E-state index in [0.717, 1.165) is 55.2 Å². The third-order valence-corrected chi connectivity index (χ3v) is 7.39. The van der Waals surface area contributed by atoms with Crippen LogP contribution in [0.25, 0.3) is 22.3 Å². The fourth-order valence-electron chi connectivity index (χ4n) is 5.28. The molecule has 0 N–H and O–H groups in total. The number of methoxy groups -OCH3 is 1. The summed E-state index contributed by atoms with van der Waals surface area (Å²) in [6.45, 7) is 8.51. The summed E-state index contributed by atoms with van der Waals surface area (Å²) in [4.78, 5) is 4.50. The molecule has 4 nitrogen and oxygen atoms in total. The Kier molecular flexibility index (Phi) is 9.23. The lowest BCUT2D eigenvalue weighted by atomic mass is 9.90. The maximum absolute atomic E-state index is 13.4. The molecule has 37 heavy (non-hydrogen) atoms. The second kappa shape index (κ2) is 12.6. The summed E-state index contributed by atoms with van der Waals surface area (Å²) in [5.74, 6) is 1.84. The van der Waals surface area contributed by atoms with E-state index in [0.29, 0.717) is 19.4 Å². The van der Waals surface area contributed by atoms with Crippen molar-refractivity contribution in [3.8, 4) is 33.8 Å². The van der Waals surface area contributed by atoms with Gasteiger partial charge in [-0.05, 0) is 92.7 Å². The number of rotatable bonds is 10. The molecule has 0 unspecified atom stereocenters. The van der Waals surface area contributed by atoms with Crippen LogP contribution in [-0.4, -0.2) is 63.4 Å². The number of benzene rings is 3. The molecule has 0 amide bonds. The van der Waals surface area contributed by atoms with Gasteiger partial charge in [-0.3, -0.25) is 0 Å². The minimum absolute atomic E-state index is 0.621. The van der Waals surface area contributed by atoms with Gasteiger partial charge in [-0.25, -0.2) is 4.39 Å². The number of nitrogens with zero attached hydrogens (tertiary/aromatic N) is 2. The number of halogens is 1. The van der Waals surface area contributed by atoms with Crippen LogP contribution in [-0.2, 0) is 6.54 Å². The van der Waals surface area contributed by atoms with Crippen LogP contribution in [0.5, 0.6) is 11.5 Å². The molecule has 0 spiro atoms. The van der Waals surface area contributed by atoms with Gasteiger partial charge in [0.05, 0.1) is 13.7 Å². The van der Waals surface area contributed by atoms with Gasteiger partial charge in [-0.1, -0.05) is 42.5 Å². The van der Waals surface area contributed by atoms with Gasteiger partial charge in [0.25, 0.3) is 0 Å². The maximum Gasteiger partial charge on any atom is 0.123 e. The Hall–Kier alpha value is -2.89. The molecule has 1 fully saturated rings. The average molecular weight is 505 g/mol. The van der Waals surface area contributed by atoms with Crippen LogP contribution < -0.4 is 9.47 Å². The molecule has 5 heteroatoms. The molecule has 1 heterocycles. The van der Waals surface area contributed by atoms with Gasteiger partial charge in [0, 0.05) is 31.7 Å². The van der Waals surface area contributed by atoms with Crippen molar-refractivity contribution in [1.82, 2.24) is 9.80 Å². The normalized spacial score (nSPS) is 14.8. The van der Waals surface area contributed by atoms with Crippen LogP contribution >= 0.6 is 0 Å². The van der Waals surface area contributed by atoms with E-state index in [4.69, 9.17) is 9.47 Å². The Bertz CT molecular complexity index is 1190. The number of ether oxygens (including phenoxy) is 2. The highest BCUT2D eigenvalue weighted by atomic mass is 19.1. The van der Waals surface area contributed by atoms with E-state index < -0.39 is 6.17 Å². The first-order valence-electron chi connectivity index (χ1n) is 13.4. The van der Waals surface area contributed by atoms with Crippen molar-refractivity contribution in [3.05, 3.63) is 71.3 Å². The minimum atomic E-state index is -0.621. The second-order valence-electron chi connectivity index (χ2n) is 10.4. The summed E-state index contributed by atoms with van der Waals surface area (Å²) < 4.78 is 25.3.